The molecule has 3 nitrogen and oxygen atoms in total. The number of rotatable bonds is 4. The highest BCUT2D eigenvalue weighted by molar-refractivity contribution is 5.28. The molecule has 15 heavy (non-hydrogen) atoms. The second-order valence-electron chi connectivity index (χ2n) is 4.17. The lowest BCUT2D eigenvalue weighted by molar-refractivity contribution is -0.0663. The standard InChI is InChI=1S/C12H16O3/c13-8-10-3-1-4-11(7-10)15-9-12(14)5-2-6-12/h1,3-4,7,13-14H,2,5-6,8-9H2. The zero-order valence-electron chi connectivity index (χ0n) is 8.65. The summed E-state index contributed by atoms with van der Waals surface area (Å²) in [6.45, 7) is 0.364. The molecule has 0 spiro atoms. The molecule has 0 atom stereocenters. The first-order valence-corrected chi connectivity index (χ1v) is 5.27. The first-order valence-electron chi connectivity index (χ1n) is 5.27. The summed E-state index contributed by atoms with van der Waals surface area (Å²) in [6, 6.07) is 7.31. The predicted molar refractivity (Wildman–Crippen MR) is 56.7 cm³/mol. The van der Waals surface area contributed by atoms with Gasteiger partial charge in [0.25, 0.3) is 0 Å². The third-order valence-corrected chi connectivity index (χ3v) is 2.87. The Kier molecular flexibility index (Phi) is 2.93. The fraction of sp³-hybridized carbons (Fsp3) is 0.500. The van der Waals surface area contributed by atoms with Crippen LogP contribution in [0.5, 0.6) is 5.75 Å². The second kappa shape index (κ2) is 4.21. The number of benzene rings is 1. The SMILES string of the molecule is OCc1cccc(OCC2(O)CCC2)c1. The van der Waals surface area contributed by atoms with Gasteiger partial charge in [0, 0.05) is 0 Å². The van der Waals surface area contributed by atoms with Crippen LogP contribution in [-0.2, 0) is 6.61 Å². The predicted octanol–water partition coefficient (Wildman–Crippen LogP) is 1.47. The molecule has 0 unspecified atom stereocenters. The average molecular weight is 208 g/mol. The molecular formula is C12H16O3. The van der Waals surface area contributed by atoms with E-state index in [9.17, 15) is 5.11 Å². The number of aliphatic hydroxyl groups excluding tert-OH is 1. The van der Waals surface area contributed by atoms with E-state index in [4.69, 9.17) is 9.84 Å². The Morgan fingerprint density at radius 3 is 2.73 bits per heavy atom. The zero-order chi connectivity index (χ0) is 10.7. The Bertz CT molecular complexity index is 331. The minimum absolute atomic E-state index is 0.0153. The van der Waals surface area contributed by atoms with Crippen LogP contribution in [0.3, 0.4) is 0 Å². The number of hydrogen-bond acceptors (Lipinski definition) is 3. The third kappa shape index (κ3) is 2.49. The normalized spacial score (nSPS) is 18.3. The van der Waals surface area contributed by atoms with Crippen LogP contribution >= 0.6 is 0 Å². The molecule has 1 aliphatic rings. The molecule has 1 aromatic carbocycles. The molecule has 0 heterocycles. The van der Waals surface area contributed by atoms with Crippen molar-refractivity contribution in [2.24, 2.45) is 0 Å². The van der Waals surface area contributed by atoms with Crippen molar-refractivity contribution < 1.29 is 14.9 Å². The van der Waals surface area contributed by atoms with Gasteiger partial charge in [-0.1, -0.05) is 12.1 Å². The van der Waals surface area contributed by atoms with Crippen LogP contribution in [0.25, 0.3) is 0 Å². The van der Waals surface area contributed by atoms with E-state index in [0.717, 1.165) is 24.8 Å². The topological polar surface area (TPSA) is 49.7 Å². The molecule has 82 valence electrons. The van der Waals surface area contributed by atoms with E-state index in [1.807, 2.05) is 18.2 Å². The van der Waals surface area contributed by atoms with Crippen LogP contribution in [0.15, 0.2) is 24.3 Å². The molecule has 1 fully saturated rings. The first-order chi connectivity index (χ1) is 7.22. The van der Waals surface area contributed by atoms with Crippen LogP contribution in [0, 0.1) is 0 Å². The Hall–Kier alpha value is -1.06. The van der Waals surface area contributed by atoms with Crippen molar-refractivity contribution in [3.8, 4) is 5.75 Å². The van der Waals surface area contributed by atoms with Crippen molar-refractivity contribution in [2.75, 3.05) is 6.61 Å². The molecule has 1 aliphatic carbocycles. The summed E-state index contributed by atoms with van der Waals surface area (Å²) in [4.78, 5) is 0. The Morgan fingerprint density at radius 1 is 1.33 bits per heavy atom. The highest BCUT2D eigenvalue weighted by atomic mass is 16.5. The maximum absolute atomic E-state index is 9.82. The highest BCUT2D eigenvalue weighted by Gasteiger charge is 2.35. The van der Waals surface area contributed by atoms with Crippen molar-refractivity contribution in [1.82, 2.24) is 0 Å². The molecule has 0 aliphatic heterocycles. The smallest absolute Gasteiger partial charge is 0.119 e. The summed E-state index contributed by atoms with van der Waals surface area (Å²) in [5, 5.41) is 18.8. The Labute approximate surface area is 89.3 Å². The fourth-order valence-electron chi connectivity index (χ4n) is 1.68. The van der Waals surface area contributed by atoms with E-state index in [-0.39, 0.29) is 6.61 Å². The van der Waals surface area contributed by atoms with E-state index >= 15 is 0 Å². The third-order valence-electron chi connectivity index (χ3n) is 2.87. The van der Waals surface area contributed by atoms with Gasteiger partial charge in [-0.3, -0.25) is 0 Å². The Balaban J connectivity index is 1.92. The van der Waals surface area contributed by atoms with Gasteiger partial charge in [0.15, 0.2) is 0 Å². The highest BCUT2D eigenvalue weighted by Crippen LogP contribution is 2.32. The molecule has 0 radical (unpaired) electrons. The molecule has 3 heteroatoms. The number of hydrogen-bond donors (Lipinski definition) is 2. The van der Waals surface area contributed by atoms with Crippen LogP contribution < -0.4 is 4.74 Å². The summed E-state index contributed by atoms with van der Waals surface area (Å²) in [7, 11) is 0. The van der Waals surface area contributed by atoms with E-state index in [0.29, 0.717) is 12.4 Å². The van der Waals surface area contributed by atoms with Crippen molar-refractivity contribution in [2.45, 2.75) is 31.5 Å². The number of ether oxygens (including phenoxy) is 1. The maximum atomic E-state index is 9.82. The zero-order valence-corrected chi connectivity index (χ0v) is 8.65. The van der Waals surface area contributed by atoms with E-state index in [2.05, 4.69) is 0 Å². The molecule has 1 saturated carbocycles. The minimum Gasteiger partial charge on any atom is -0.491 e. The minimum atomic E-state index is -0.616. The van der Waals surface area contributed by atoms with Crippen LogP contribution in [0.2, 0.25) is 0 Å². The fourth-order valence-corrected chi connectivity index (χ4v) is 1.68. The summed E-state index contributed by atoms with van der Waals surface area (Å²) in [6.07, 6.45) is 2.73. The number of aliphatic hydroxyl groups is 2. The second-order valence-corrected chi connectivity index (χ2v) is 4.17. The molecular weight excluding hydrogens is 192 g/mol. The van der Waals surface area contributed by atoms with Gasteiger partial charge in [0.05, 0.1) is 12.2 Å². The van der Waals surface area contributed by atoms with Gasteiger partial charge in [0.2, 0.25) is 0 Å². The molecule has 0 amide bonds. The van der Waals surface area contributed by atoms with Crippen LogP contribution in [-0.4, -0.2) is 22.4 Å². The van der Waals surface area contributed by atoms with Gasteiger partial charge < -0.3 is 14.9 Å². The summed E-state index contributed by atoms with van der Waals surface area (Å²) in [5.74, 6) is 0.710. The van der Waals surface area contributed by atoms with Gasteiger partial charge in [-0.05, 0) is 37.0 Å². The van der Waals surface area contributed by atoms with E-state index in [1.54, 1.807) is 6.07 Å². The largest absolute Gasteiger partial charge is 0.491 e. The molecule has 2 rings (SSSR count). The molecule has 0 saturated heterocycles. The quantitative estimate of drug-likeness (QED) is 0.787. The van der Waals surface area contributed by atoms with Gasteiger partial charge in [-0.25, -0.2) is 0 Å². The molecule has 0 bridgehead atoms. The van der Waals surface area contributed by atoms with Crippen molar-refractivity contribution in [1.29, 1.82) is 0 Å². The molecule has 1 aromatic rings. The average Bonchev–Trinajstić information content (AvgIpc) is 2.24. The van der Waals surface area contributed by atoms with Crippen molar-refractivity contribution >= 4 is 0 Å². The lowest BCUT2D eigenvalue weighted by atomic mass is 9.81. The first kappa shape index (κ1) is 10.5. The van der Waals surface area contributed by atoms with E-state index < -0.39 is 5.60 Å². The summed E-state index contributed by atoms with van der Waals surface area (Å²) >= 11 is 0. The lowest BCUT2D eigenvalue weighted by Crippen LogP contribution is -2.42. The Morgan fingerprint density at radius 2 is 2.13 bits per heavy atom. The maximum Gasteiger partial charge on any atom is 0.119 e. The molecule has 0 aromatic heterocycles. The van der Waals surface area contributed by atoms with Gasteiger partial charge >= 0.3 is 0 Å². The van der Waals surface area contributed by atoms with Gasteiger partial charge in [-0.15, -0.1) is 0 Å². The lowest BCUT2D eigenvalue weighted by Gasteiger charge is -2.36. The van der Waals surface area contributed by atoms with Crippen molar-refractivity contribution in [3.05, 3.63) is 29.8 Å². The van der Waals surface area contributed by atoms with Crippen LogP contribution in [0.1, 0.15) is 24.8 Å². The summed E-state index contributed by atoms with van der Waals surface area (Å²) < 4.78 is 5.49. The van der Waals surface area contributed by atoms with Gasteiger partial charge in [0.1, 0.15) is 12.4 Å². The molecule has 2 N–H and O–H groups in total. The van der Waals surface area contributed by atoms with Crippen LogP contribution in [0.4, 0.5) is 0 Å². The summed E-state index contributed by atoms with van der Waals surface area (Å²) in [5.41, 5.74) is 0.211. The van der Waals surface area contributed by atoms with E-state index in [1.165, 1.54) is 0 Å². The monoisotopic (exact) mass is 208 g/mol. The van der Waals surface area contributed by atoms with Crippen molar-refractivity contribution in [3.63, 3.8) is 0 Å². The van der Waals surface area contributed by atoms with Gasteiger partial charge in [-0.2, -0.15) is 0 Å².